The van der Waals surface area contributed by atoms with Crippen molar-refractivity contribution < 1.29 is 21.9 Å². The molecule has 0 fully saturated rings. The normalized spacial score (nSPS) is 12.6. The van der Waals surface area contributed by atoms with Crippen LogP contribution in [0.25, 0.3) is 21.3 Å². The molecule has 0 aliphatic heterocycles. The fourth-order valence-corrected chi connectivity index (χ4v) is 4.24. The van der Waals surface area contributed by atoms with Gasteiger partial charge in [-0.05, 0) is 30.3 Å². The van der Waals surface area contributed by atoms with Gasteiger partial charge in [-0.3, -0.25) is 0 Å². The highest BCUT2D eigenvalue weighted by Crippen LogP contribution is 2.37. The maximum absolute atomic E-state index is 13.4. The van der Waals surface area contributed by atoms with Crippen molar-refractivity contribution in [2.24, 2.45) is 12.2 Å². The van der Waals surface area contributed by atoms with Crippen LogP contribution in [0.3, 0.4) is 0 Å². The molecule has 2 aromatic heterocycles. The standard InChI is InChI=1S/C17H15F2N5O3S2/c1-17(18,19)27-12-5-3-9(29(20,25)26)7-10(12)22-16-23-15-13(28-16)6-4-11-14(15)21-8-24(11)2/h3-8H,1-2H3,(H,22,23)(H2,20,25,26). The molecular weight excluding hydrogens is 424 g/mol. The lowest BCUT2D eigenvalue weighted by atomic mass is 10.3. The van der Waals surface area contributed by atoms with Gasteiger partial charge >= 0.3 is 6.11 Å². The number of hydrogen-bond acceptors (Lipinski definition) is 7. The molecule has 29 heavy (non-hydrogen) atoms. The average Bonchev–Trinajstić information content (AvgIpc) is 3.17. The lowest BCUT2D eigenvalue weighted by Gasteiger charge is -2.17. The molecule has 0 amide bonds. The Morgan fingerprint density at radius 1 is 1.24 bits per heavy atom. The van der Waals surface area contributed by atoms with Crippen molar-refractivity contribution in [3.05, 3.63) is 36.7 Å². The van der Waals surface area contributed by atoms with E-state index in [1.54, 1.807) is 6.33 Å². The summed E-state index contributed by atoms with van der Waals surface area (Å²) in [5, 5.41) is 8.37. The molecule has 152 valence electrons. The minimum Gasteiger partial charge on any atom is -0.431 e. The van der Waals surface area contributed by atoms with Gasteiger partial charge in [-0.25, -0.2) is 23.5 Å². The number of thiazole rings is 1. The number of nitrogens with one attached hydrogen (secondary N) is 1. The Morgan fingerprint density at radius 2 is 2.00 bits per heavy atom. The van der Waals surface area contributed by atoms with Gasteiger partial charge in [-0.2, -0.15) is 8.78 Å². The highest BCUT2D eigenvalue weighted by atomic mass is 32.2. The summed E-state index contributed by atoms with van der Waals surface area (Å²) < 4.78 is 57.4. The number of halogens is 2. The fourth-order valence-electron chi connectivity index (χ4n) is 2.82. The highest BCUT2D eigenvalue weighted by Gasteiger charge is 2.26. The highest BCUT2D eigenvalue weighted by molar-refractivity contribution is 7.89. The third-order valence-corrected chi connectivity index (χ3v) is 5.91. The number of alkyl halides is 2. The second kappa shape index (κ2) is 6.61. The maximum atomic E-state index is 13.4. The lowest BCUT2D eigenvalue weighted by molar-refractivity contribution is -0.158. The minimum atomic E-state index is -4.04. The number of rotatable bonds is 5. The lowest BCUT2D eigenvalue weighted by Crippen LogP contribution is -2.20. The van der Waals surface area contributed by atoms with E-state index in [1.165, 1.54) is 11.3 Å². The molecule has 12 heteroatoms. The molecule has 0 spiro atoms. The number of fused-ring (bicyclic) bond motifs is 3. The van der Waals surface area contributed by atoms with Crippen molar-refractivity contribution in [1.29, 1.82) is 0 Å². The van der Waals surface area contributed by atoms with Crippen molar-refractivity contribution in [2.75, 3.05) is 5.32 Å². The van der Waals surface area contributed by atoms with Gasteiger partial charge in [-0.15, -0.1) is 0 Å². The zero-order valence-electron chi connectivity index (χ0n) is 15.2. The number of imidazole rings is 1. The van der Waals surface area contributed by atoms with Crippen LogP contribution in [0.15, 0.2) is 41.6 Å². The molecule has 2 aromatic carbocycles. The van der Waals surface area contributed by atoms with E-state index in [-0.39, 0.29) is 16.3 Å². The molecule has 4 aromatic rings. The Bertz CT molecular complexity index is 1340. The number of aryl methyl sites for hydroxylation is 1. The largest absolute Gasteiger partial charge is 0.431 e. The van der Waals surface area contributed by atoms with Gasteiger partial charge in [0.05, 0.1) is 27.1 Å². The number of benzene rings is 2. The van der Waals surface area contributed by atoms with E-state index in [2.05, 4.69) is 20.0 Å². The van der Waals surface area contributed by atoms with Gasteiger partial charge in [0.1, 0.15) is 16.8 Å². The molecule has 0 aliphatic rings. The molecule has 0 radical (unpaired) electrons. The molecule has 3 N–H and O–H groups in total. The molecule has 8 nitrogen and oxygen atoms in total. The SMILES string of the molecule is Cn1cnc2c3nc(Nc4cc(S(N)(=O)=O)ccc4OC(C)(F)F)sc3ccc21. The van der Waals surface area contributed by atoms with Crippen molar-refractivity contribution in [1.82, 2.24) is 14.5 Å². The van der Waals surface area contributed by atoms with Gasteiger partial charge in [0, 0.05) is 14.0 Å². The van der Waals surface area contributed by atoms with Crippen molar-refractivity contribution in [2.45, 2.75) is 17.9 Å². The van der Waals surface area contributed by atoms with E-state index in [4.69, 9.17) is 5.14 Å². The first-order valence-corrected chi connectivity index (χ1v) is 10.6. The monoisotopic (exact) mass is 439 g/mol. The Balaban J connectivity index is 1.80. The molecule has 0 saturated carbocycles. The third kappa shape index (κ3) is 3.86. The number of nitrogens with zero attached hydrogens (tertiary/aromatic N) is 3. The Hall–Kier alpha value is -2.83. The van der Waals surface area contributed by atoms with Crippen LogP contribution in [0.1, 0.15) is 6.92 Å². The van der Waals surface area contributed by atoms with E-state index < -0.39 is 16.1 Å². The summed E-state index contributed by atoms with van der Waals surface area (Å²) in [6.07, 6.45) is -1.80. The number of aromatic nitrogens is 3. The zero-order valence-corrected chi connectivity index (χ0v) is 16.8. The first-order valence-electron chi connectivity index (χ1n) is 8.22. The fraction of sp³-hybridized carbons (Fsp3) is 0.176. The van der Waals surface area contributed by atoms with Crippen LogP contribution in [0.4, 0.5) is 19.6 Å². The van der Waals surface area contributed by atoms with Gasteiger partial charge < -0.3 is 14.6 Å². The molecule has 2 heterocycles. The van der Waals surface area contributed by atoms with Gasteiger partial charge in [0.25, 0.3) is 0 Å². The van der Waals surface area contributed by atoms with Crippen molar-refractivity contribution in [3.8, 4) is 5.75 Å². The number of hydrogen-bond donors (Lipinski definition) is 2. The predicted octanol–water partition coefficient (Wildman–Crippen LogP) is 3.57. The van der Waals surface area contributed by atoms with E-state index >= 15 is 0 Å². The summed E-state index contributed by atoms with van der Waals surface area (Å²) in [5.74, 6) is -0.243. The van der Waals surface area contributed by atoms with Crippen LogP contribution >= 0.6 is 11.3 Å². The van der Waals surface area contributed by atoms with E-state index in [0.29, 0.717) is 23.1 Å². The number of ether oxygens (including phenoxy) is 1. The van der Waals surface area contributed by atoms with E-state index in [1.807, 2.05) is 23.7 Å². The van der Waals surface area contributed by atoms with Crippen LogP contribution in [-0.2, 0) is 17.1 Å². The zero-order chi connectivity index (χ0) is 21.0. The summed E-state index contributed by atoms with van der Waals surface area (Å²) in [7, 11) is -2.18. The van der Waals surface area contributed by atoms with Gasteiger partial charge in [0.15, 0.2) is 5.13 Å². The molecule has 0 unspecified atom stereocenters. The van der Waals surface area contributed by atoms with Crippen LogP contribution in [0, 0.1) is 0 Å². The topological polar surface area (TPSA) is 112 Å². The Labute approximate surface area is 168 Å². The summed E-state index contributed by atoms with van der Waals surface area (Å²) in [5.41, 5.74) is 2.22. The molecular formula is C17H15F2N5O3S2. The maximum Gasteiger partial charge on any atom is 0.394 e. The average molecular weight is 439 g/mol. The minimum absolute atomic E-state index is 0.00521. The van der Waals surface area contributed by atoms with Crippen LogP contribution < -0.4 is 15.2 Å². The summed E-state index contributed by atoms with van der Waals surface area (Å²) in [4.78, 5) is 8.58. The third-order valence-electron chi connectivity index (χ3n) is 4.06. The smallest absolute Gasteiger partial charge is 0.394 e. The first-order chi connectivity index (χ1) is 13.5. The van der Waals surface area contributed by atoms with Crippen molar-refractivity contribution >= 4 is 53.4 Å². The first kappa shape index (κ1) is 19.5. The van der Waals surface area contributed by atoms with E-state index in [9.17, 15) is 17.2 Å². The molecule has 0 bridgehead atoms. The van der Waals surface area contributed by atoms with Crippen LogP contribution in [0.2, 0.25) is 0 Å². The van der Waals surface area contributed by atoms with Crippen LogP contribution in [-0.4, -0.2) is 29.1 Å². The summed E-state index contributed by atoms with van der Waals surface area (Å²) in [6, 6.07) is 7.11. The van der Waals surface area contributed by atoms with Crippen molar-refractivity contribution in [3.63, 3.8) is 0 Å². The second-order valence-electron chi connectivity index (χ2n) is 6.39. The van der Waals surface area contributed by atoms with E-state index in [0.717, 1.165) is 28.4 Å². The van der Waals surface area contributed by atoms with Crippen LogP contribution in [0.5, 0.6) is 5.75 Å². The predicted molar refractivity (Wildman–Crippen MR) is 106 cm³/mol. The Kier molecular flexibility index (Phi) is 4.44. The van der Waals surface area contributed by atoms with Gasteiger partial charge in [-0.1, -0.05) is 11.3 Å². The Morgan fingerprint density at radius 3 is 2.69 bits per heavy atom. The number of anilines is 2. The summed E-state index contributed by atoms with van der Waals surface area (Å²) in [6.45, 7) is 0.583. The molecule has 0 aliphatic carbocycles. The number of primary sulfonamides is 1. The quantitative estimate of drug-likeness (QED) is 0.492. The van der Waals surface area contributed by atoms with Gasteiger partial charge in [0.2, 0.25) is 10.0 Å². The summed E-state index contributed by atoms with van der Waals surface area (Å²) >= 11 is 1.26. The molecule has 0 saturated heterocycles. The molecule has 4 rings (SSSR count). The number of nitrogens with two attached hydrogens (primary N) is 1. The molecule has 0 atom stereocenters. The second-order valence-corrected chi connectivity index (χ2v) is 8.98. The number of sulfonamides is 1.